The van der Waals surface area contributed by atoms with Gasteiger partial charge in [0.2, 0.25) is 0 Å². The van der Waals surface area contributed by atoms with Crippen LogP contribution in [0, 0.1) is 5.82 Å². The van der Waals surface area contributed by atoms with Gasteiger partial charge in [0.1, 0.15) is 5.82 Å². The molecule has 2 aromatic rings. The van der Waals surface area contributed by atoms with Crippen LogP contribution < -0.4 is 20.9 Å². The highest BCUT2D eigenvalue weighted by Crippen LogP contribution is 2.27. The summed E-state index contributed by atoms with van der Waals surface area (Å²) in [6.45, 7) is 4.41. The van der Waals surface area contributed by atoms with E-state index in [2.05, 4.69) is 20.9 Å². The molecule has 1 aliphatic heterocycles. The first-order chi connectivity index (χ1) is 14.1. The smallest absolute Gasteiger partial charge is 0.323 e. The van der Waals surface area contributed by atoms with Crippen molar-refractivity contribution in [2.24, 2.45) is 0 Å². The Bertz CT molecular complexity index is 866. The van der Waals surface area contributed by atoms with Crippen molar-refractivity contribution >= 4 is 29.0 Å². The standard InChI is InChI=1S/C22H27FN4O2/c1-2-12-24-21(28)17-15-16(10-11-20(17)27-13-6-3-7-14-27)25-22(29)26-19-9-5-4-8-18(19)23/h4-5,8-11,15H,2-3,6-7,12-14H2,1H3,(H,24,28)(H2,25,26,29). The predicted octanol–water partition coefficient (Wildman–Crippen LogP) is 4.60. The molecular weight excluding hydrogens is 371 g/mol. The van der Waals surface area contributed by atoms with E-state index in [0.717, 1.165) is 38.0 Å². The molecule has 1 saturated heterocycles. The largest absolute Gasteiger partial charge is 0.371 e. The van der Waals surface area contributed by atoms with Crippen molar-refractivity contribution in [1.82, 2.24) is 5.32 Å². The zero-order chi connectivity index (χ0) is 20.6. The topological polar surface area (TPSA) is 73.5 Å². The van der Waals surface area contributed by atoms with Crippen molar-refractivity contribution in [2.45, 2.75) is 32.6 Å². The second-order valence-corrected chi connectivity index (χ2v) is 7.09. The molecule has 154 valence electrons. The number of nitrogens with one attached hydrogen (secondary N) is 3. The van der Waals surface area contributed by atoms with Gasteiger partial charge in [0, 0.05) is 31.0 Å². The SMILES string of the molecule is CCCNC(=O)c1cc(NC(=O)Nc2ccccc2F)ccc1N1CCCCC1. The number of urea groups is 1. The van der Waals surface area contributed by atoms with Gasteiger partial charge in [-0.3, -0.25) is 4.79 Å². The molecule has 29 heavy (non-hydrogen) atoms. The lowest BCUT2D eigenvalue weighted by Crippen LogP contribution is -2.33. The van der Waals surface area contributed by atoms with Gasteiger partial charge in [0.05, 0.1) is 11.3 Å². The molecule has 3 N–H and O–H groups in total. The first-order valence-corrected chi connectivity index (χ1v) is 10.1. The third kappa shape index (κ3) is 5.47. The molecular formula is C22H27FN4O2. The van der Waals surface area contributed by atoms with Gasteiger partial charge in [-0.2, -0.15) is 0 Å². The Balaban J connectivity index is 1.79. The van der Waals surface area contributed by atoms with E-state index in [4.69, 9.17) is 0 Å². The fraction of sp³-hybridized carbons (Fsp3) is 0.364. The zero-order valence-corrected chi connectivity index (χ0v) is 16.6. The van der Waals surface area contributed by atoms with Crippen LogP contribution >= 0.6 is 0 Å². The van der Waals surface area contributed by atoms with Gasteiger partial charge in [-0.05, 0) is 56.0 Å². The molecule has 0 radical (unpaired) electrons. The van der Waals surface area contributed by atoms with E-state index in [1.807, 2.05) is 13.0 Å². The second kappa shape index (κ2) is 9.91. The molecule has 7 heteroatoms. The summed E-state index contributed by atoms with van der Waals surface area (Å²) in [6, 6.07) is 10.7. The van der Waals surface area contributed by atoms with Crippen LogP contribution in [-0.2, 0) is 0 Å². The first kappa shape index (κ1) is 20.6. The van der Waals surface area contributed by atoms with E-state index in [-0.39, 0.29) is 11.6 Å². The third-order valence-electron chi connectivity index (χ3n) is 4.85. The molecule has 1 heterocycles. The molecule has 0 aromatic heterocycles. The maximum Gasteiger partial charge on any atom is 0.323 e. The summed E-state index contributed by atoms with van der Waals surface area (Å²) in [6.07, 6.45) is 4.24. The minimum absolute atomic E-state index is 0.0934. The molecule has 3 amide bonds. The molecule has 2 aromatic carbocycles. The van der Waals surface area contributed by atoms with E-state index < -0.39 is 11.8 Å². The summed E-state index contributed by atoms with van der Waals surface area (Å²) in [5.74, 6) is -0.673. The van der Waals surface area contributed by atoms with Gasteiger partial charge >= 0.3 is 6.03 Å². The summed E-state index contributed by atoms with van der Waals surface area (Å²) in [4.78, 5) is 27.2. The average molecular weight is 398 g/mol. The summed E-state index contributed by atoms with van der Waals surface area (Å²) in [7, 11) is 0. The summed E-state index contributed by atoms with van der Waals surface area (Å²) < 4.78 is 13.7. The van der Waals surface area contributed by atoms with Crippen molar-refractivity contribution in [3.05, 3.63) is 53.8 Å². The van der Waals surface area contributed by atoms with Crippen LogP contribution in [0.25, 0.3) is 0 Å². The number of nitrogens with zero attached hydrogens (tertiary/aromatic N) is 1. The number of carbonyl (C=O) groups excluding carboxylic acids is 2. The molecule has 6 nitrogen and oxygen atoms in total. The van der Waals surface area contributed by atoms with E-state index in [1.54, 1.807) is 24.3 Å². The molecule has 0 bridgehead atoms. The Morgan fingerprint density at radius 3 is 2.52 bits per heavy atom. The number of benzene rings is 2. The average Bonchev–Trinajstić information content (AvgIpc) is 2.74. The lowest BCUT2D eigenvalue weighted by molar-refractivity contribution is 0.0954. The molecule has 1 fully saturated rings. The van der Waals surface area contributed by atoms with E-state index in [9.17, 15) is 14.0 Å². The Morgan fingerprint density at radius 1 is 1.03 bits per heavy atom. The van der Waals surface area contributed by atoms with E-state index >= 15 is 0 Å². The van der Waals surface area contributed by atoms with Gasteiger partial charge in [-0.25, -0.2) is 9.18 Å². The van der Waals surface area contributed by atoms with Crippen LogP contribution in [0.4, 0.5) is 26.2 Å². The molecule has 0 saturated carbocycles. The molecule has 0 aliphatic carbocycles. The monoisotopic (exact) mass is 398 g/mol. The van der Waals surface area contributed by atoms with E-state index in [0.29, 0.717) is 17.8 Å². The number of amides is 3. The maximum atomic E-state index is 13.7. The Hall–Kier alpha value is -3.09. The lowest BCUT2D eigenvalue weighted by atomic mass is 10.1. The number of anilines is 3. The number of rotatable bonds is 6. The van der Waals surface area contributed by atoms with Crippen LogP contribution in [0.15, 0.2) is 42.5 Å². The minimum atomic E-state index is -0.569. The number of halogens is 1. The van der Waals surface area contributed by atoms with Crippen LogP contribution in [0.3, 0.4) is 0 Å². The van der Waals surface area contributed by atoms with Gasteiger partial charge in [0.15, 0.2) is 0 Å². The summed E-state index contributed by atoms with van der Waals surface area (Å²) >= 11 is 0. The number of hydrogen-bond donors (Lipinski definition) is 3. The molecule has 3 rings (SSSR count). The number of piperidine rings is 1. The molecule has 1 aliphatic rings. The van der Waals surface area contributed by atoms with Crippen molar-refractivity contribution in [3.8, 4) is 0 Å². The molecule has 0 spiro atoms. The van der Waals surface area contributed by atoms with Crippen LogP contribution in [-0.4, -0.2) is 31.6 Å². The van der Waals surface area contributed by atoms with Crippen LogP contribution in [0.2, 0.25) is 0 Å². The highest BCUT2D eigenvalue weighted by molar-refractivity contribution is 6.04. The van der Waals surface area contributed by atoms with Crippen molar-refractivity contribution in [2.75, 3.05) is 35.2 Å². The Kier molecular flexibility index (Phi) is 7.05. The van der Waals surface area contributed by atoms with Gasteiger partial charge in [0.25, 0.3) is 5.91 Å². The highest BCUT2D eigenvalue weighted by atomic mass is 19.1. The van der Waals surface area contributed by atoms with Crippen molar-refractivity contribution in [3.63, 3.8) is 0 Å². The van der Waals surface area contributed by atoms with Gasteiger partial charge < -0.3 is 20.9 Å². The van der Waals surface area contributed by atoms with Crippen LogP contribution in [0.1, 0.15) is 43.0 Å². The number of carbonyl (C=O) groups is 2. The van der Waals surface area contributed by atoms with Crippen LogP contribution in [0.5, 0.6) is 0 Å². The normalized spacial score (nSPS) is 13.7. The Labute approximate surface area is 170 Å². The van der Waals surface area contributed by atoms with Gasteiger partial charge in [-0.15, -0.1) is 0 Å². The second-order valence-electron chi connectivity index (χ2n) is 7.09. The minimum Gasteiger partial charge on any atom is -0.371 e. The third-order valence-corrected chi connectivity index (χ3v) is 4.85. The first-order valence-electron chi connectivity index (χ1n) is 10.1. The number of hydrogen-bond acceptors (Lipinski definition) is 3. The maximum absolute atomic E-state index is 13.7. The molecule has 0 atom stereocenters. The van der Waals surface area contributed by atoms with Crippen molar-refractivity contribution in [1.29, 1.82) is 0 Å². The van der Waals surface area contributed by atoms with Crippen molar-refractivity contribution < 1.29 is 14.0 Å². The summed E-state index contributed by atoms with van der Waals surface area (Å²) in [5, 5.41) is 8.08. The number of para-hydroxylation sites is 1. The van der Waals surface area contributed by atoms with Gasteiger partial charge in [-0.1, -0.05) is 19.1 Å². The Morgan fingerprint density at radius 2 is 1.79 bits per heavy atom. The lowest BCUT2D eigenvalue weighted by Gasteiger charge is -2.30. The summed E-state index contributed by atoms with van der Waals surface area (Å²) in [5.41, 5.74) is 1.97. The molecule has 0 unspecified atom stereocenters. The fourth-order valence-electron chi connectivity index (χ4n) is 3.39. The van der Waals surface area contributed by atoms with E-state index in [1.165, 1.54) is 18.6 Å². The predicted molar refractivity (Wildman–Crippen MR) is 114 cm³/mol. The quantitative estimate of drug-likeness (QED) is 0.666. The highest BCUT2D eigenvalue weighted by Gasteiger charge is 2.19. The fourth-order valence-corrected chi connectivity index (χ4v) is 3.39. The zero-order valence-electron chi connectivity index (χ0n) is 16.6.